The van der Waals surface area contributed by atoms with E-state index >= 15 is 0 Å². The molecule has 3 rings (SSSR count). The molecule has 1 unspecified atom stereocenters. The molecule has 3 aromatic rings. The number of hydrogen-bond acceptors (Lipinski definition) is 4. The summed E-state index contributed by atoms with van der Waals surface area (Å²) in [5.41, 5.74) is 3.17. The quantitative estimate of drug-likeness (QED) is 0.264. The molecule has 2 N–H and O–H groups in total. The fourth-order valence-corrected chi connectivity index (χ4v) is 4.01. The fourth-order valence-electron chi connectivity index (χ4n) is 3.82. The normalized spacial score (nSPS) is 11.9. The summed E-state index contributed by atoms with van der Waals surface area (Å²) in [5, 5.41) is 18.8. The van der Waals surface area contributed by atoms with E-state index in [1.54, 1.807) is 12.1 Å². The van der Waals surface area contributed by atoms with Crippen LogP contribution in [0.1, 0.15) is 52.4 Å². The van der Waals surface area contributed by atoms with Crippen LogP contribution >= 0.6 is 11.6 Å². The number of carbonyl (C=O) groups is 2. The molecule has 0 saturated carbocycles. The highest BCUT2D eigenvalue weighted by atomic mass is 35.5. The van der Waals surface area contributed by atoms with E-state index in [1.165, 1.54) is 0 Å². The van der Waals surface area contributed by atoms with E-state index in [9.17, 15) is 14.7 Å². The Bertz CT molecular complexity index is 1090. The first kappa shape index (κ1) is 26.4. The first-order valence-electron chi connectivity index (χ1n) is 11.6. The zero-order valence-corrected chi connectivity index (χ0v) is 20.2. The van der Waals surface area contributed by atoms with Gasteiger partial charge in [-0.3, -0.25) is 9.69 Å². The predicted octanol–water partition coefficient (Wildman–Crippen LogP) is 6.05. The molecule has 35 heavy (non-hydrogen) atoms. The summed E-state index contributed by atoms with van der Waals surface area (Å²) in [4.78, 5) is 24.4. The Morgan fingerprint density at radius 2 is 1.57 bits per heavy atom. The van der Waals surface area contributed by atoms with Gasteiger partial charge in [0.05, 0.1) is 18.3 Å². The van der Waals surface area contributed by atoms with Crippen molar-refractivity contribution in [2.24, 2.45) is 0 Å². The zero-order chi connectivity index (χ0) is 25.0. The van der Waals surface area contributed by atoms with Gasteiger partial charge in [-0.15, -0.1) is 0 Å². The van der Waals surface area contributed by atoms with Crippen LogP contribution < -0.4 is 0 Å². The lowest BCUT2D eigenvalue weighted by atomic mass is 10.1. The number of rotatable bonds is 14. The van der Waals surface area contributed by atoms with Crippen molar-refractivity contribution in [1.82, 2.24) is 4.90 Å². The van der Waals surface area contributed by atoms with E-state index in [4.69, 9.17) is 21.4 Å². The smallest absolute Gasteiger partial charge is 0.335 e. The van der Waals surface area contributed by atoms with Crippen LogP contribution in [0.25, 0.3) is 0 Å². The van der Waals surface area contributed by atoms with E-state index in [0.29, 0.717) is 37.7 Å². The van der Waals surface area contributed by atoms with E-state index in [1.807, 2.05) is 66.7 Å². The molecule has 0 aromatic heterocycles. The van der Waals surface area contributed by atoms with Gasteiger partial charge in [0, 0.05) is 24.5 Å². The number of aliphatic carboxylic acids is 1. The first-order chi connectivity index (χ1) is 16.9. The molecule has 0 radical (unpaired) electrons. The number of hydrogen-bond donors (Lipinski definition) is 2. The summed E-state index contributed by atoms with van der Waals surface area (Å²) < 4.78 is 6.36. The van der Waals surface area contributed by atoms with E-state index in [0.717, 1.165) is 23.1 Å². The highest BCUT2D eigenvalue weighted by molar-refractivity contribution is 6.31. The molecule has 0 heterocycles. The summed E-state index contributed by atoms with van der Waals surface area (Å²) in [6.07, 6.45) is 1.21. The number of benzene rings is 3. The average molecular weight is 496 g/mol. The first-order valence-corrected chi connectivity index (χ1v) is 12.0. The SMILES string of the molecule is O=C(O)CCCCN(Cc1ccc(C(=O)O)cc1)CC(OCc1ccccc1Cl)c1ccccc1. The van der Waals surface area contributed by atoms with E-state index in [-0.39, 0.29) is 18.1 Å². The summed E-state index contributed by atoms with van der Waals surface area (Å²) in [6.45, 7) is 2.22. The molecule has 7 heteroatoms. The minimum absolute atomic E-state index is 0.131. The third kappa shape index (κ3) is 8.83. The monoisotopic (exact) mass is 495 g/mol. The number of carboxylic acid groups (broad SMARTS) is 2. The Morgan fingerprint density at radius 3 is 2.23 bits per heavy atom. The van der Waals surface area contributed by atoms with Crippen molar-refractivity contribution >= 4 is 23.5 Å². The zero-order valence-electron chi connectivity index (χ0n) is 19.5. The van der Waals surface area contributed by atoms with Gasteiger partial charge in [0.15, 0.2) is 0 Å². The summed E-state index contributed by atoms with van der Waals surface area (Å²) in [6, 6.07) is 24.4. The van der Waals surface area contributed by atoms with Crippen molar-refractivity contribution in [3.63, 3.8) is 0 Å². The van der Waals surface area contributed by atoms with Crippen molar-refractivity contribution in [3.05, 3.63) is 106 Å². The van der Waals surface area contributed by atoms with E-state index in [2.05, 4.69) is 4.90 Å². The predicted molar refractivity (Wildman–Crippen MR) is 136 cm³/mol. The highest BCUT2D eigenvalue weighted by Gasteiger charge is 2.18. The molecule has 6 nitrogen and oxygen atoms in total. The van der Waals surface area contributed by atoms with Gasteiger partial charge in [-0.2, -0.15) is 0 Å². The van der Waals surface area contributed by atoms with Crippen LogP contribution in [0, 0.1) is 0 Å². The van der Waals surface area contributed by atoms with Gasteiger partial charge in [0.25, 0.3) is 0 Å². The van der Waals surface area contributed by atoms with Crippen molar-refractivity contribution < 1.29 is 24.5 Å². The van der Waals surface area contributed by atoms with Gasteiger partial charge in [-0.05, 0) is 54.3 Å². The third-order valence-electron chi connectivity index (χ3n) is 5.72. The minimum atomic E-state index is -0.959. The van der Waals surface area contributed by atoms with Gasteiger partial charge in [-0.1, -0.05) is 72.3 Å². The topological polar surface area (TPSA) is 87.1 Å². The largest absolute Gasteiger partial charge is 0.481 e. The maximum absolute atomic E-state index is 11.2. The second-order valence-corrected chi connectivity index (χ2v) is 8.80. The van der Waals surface area contributed by atoms with Gasteiger partial charge >= 0.3 is 11.9 Å². The summed E-state index contributed by atoms with van der Waals surface area (Å²) in [5.74, 6) is -1.76. The molecule has 184 valence electrons. The lowest BCUT2D eigenvalue weighted by Crippen LogP contribution is -2.30. The molecule has 1 atom stereocenters. The van der Waals surface area contributed by atoms with Crippen molar-refractivity contribution in [2.45, 2.75) is 38.5 Å². The second kappa shape index (κ2) is 13.6. The fraction of sp³-hybridized carbons (Fsp3) is 0.286. The molecule has 0 aliphatic rings. The van der Waals surface area contributed by atoms with Crippen LogP contribution in [0.3, 0.4) is 0 Å². The number of halogens is 1. The molecular formula is C28H30ClNO5. The van der Waals surface area contributed by atoms with E-state index < -0.39 is 11.9 Å². The number of nitrogens with zero attached hydrogens (tertiary/aromatic N) is 1. The Labute approximate surface area is 210 Å². The van der Waals surface area contributed by atoms with Gasteiger partial charge < -0.3 is 14.9 Å². The minimum Gasteiger partial charge on any atom is -0.481 e. The molecule has 0 aliphatic heterocycles. The van der Waals surface area contributed by atoms with Crippen LogP contribution in [0.5, 0.6) is 0 Å². The summed E-state index contributed by atoms with van der Waals surface area (Å²) in [7, 11) is 0. The standard InChI is InChI=1S/C28H30ClNO5/c29-25-11-5-4-10-24(25)20-35-26(22-8-2-1-3-9-22)19-30(17-7-6-12-27(31)32)18-21-13-15-23(16-14-21)28(33)34/h1-5,8-11,13-16,26H,6-7,12,17-20H2,(H,31,32)(H,33,34). The Hall–Kier alpha value is -3.19. The summed E-state index contributed by atoms with van der Waals surface area (Å²) >= 11 is 6.33. The molecule has 0 amide bonds. The maximum Gasteiger partial charge on any atom is 0.335 e. The van der Waals surface area contributed by atoms with Crippen LogP contribution in [0.4, 0.5) is 0 Å². The number of ether oxygens (including phenoxy) is 1. The van der Waals surface area contributed by atoms with Gasteiger partial charge in [0.1, 0.15) is 0 Å². The molecule has 0 saturated heterocycles. The van der Waals surface area contributed by atoms with Crippen molar-refractivity contribution in [2.75, 3.05) is 13.1 Å². The average Bonchev–Trinajstić information content (AvgIpc) is 2.85. The van der Waals surface area contributed by atoms with Crippen molar-refractivity contribution in [3.8, 4) is 0 Å². The lowest BCUT2D eigenvalue weighted by molar-refractivity contribution is -0.137. The van der Waals surface area contributed by atoms with Crippen molar-refractivity contribution in [1.29, 1.82) is 0 Å². The molecule has 0 fully saturated rings. The molecule has 3 aromatic carbocycles. The number of unbranched alkanes of at least 4 members (excludes halogenated alkanes) is 1. The van der Waals surface area contributed by atoms with Crippen LogP contribution in [0.15, 0.2) is 78.9 Å². The molecule has 0 aliphatic carbocycles. The molecular weight excluding hydrogens is 466 g/mol. The Balaban J connectivity index is 1.76. The molecule has 0 spiro atoms. The van der Waals surface area contributed by atoms with Crippen LogP contribution in [-0.2, 0) is 22.7 Å². The lowest BCUT2D eigenvalue weighted by Gasteiger charge is -2.28. The third-order valence-corrected chi connectivity index (χ3v) is 6.08. The van der Waals surface area contributed by atoms with Gasteiger partial charge in [-0.25, -0.2) is 4.79 Å². The Kier molecular flexibility index (Phi) is 10.3. The Morgan fingerprint density at radius 1 is 0.886 bits per heavy atom. The second-order valence-electron chi connectivity index (χ2n) is 8.39. The highest BCUT2D eigenvalue weighted by Crippen LogP contribution is 2.24. The number of aromatic carboxylic acids is 1. The number of carboxylic acids is 2. The van der Waals surface area contributed by atoms with Gasteiger partial charge in [0.2, 0.25) is 0 Å². The van der Waals surface area contributed by atoms with Crippen LogP contribution in [-0.4, -0.2) is 40.1 Å². The molecule has 0 bridgehead atoms. The maximum atomic E-state index is 11.2. The van der Waals surface area contributed by atoms with Crippen LogP contribution in [0.2, 0.25) is 5.02 Å².